The summed E-state index contributed by atoms with van der Waals surface area (Å²) in [5, 5.41) is 3.95. The third-order valence-electron chi connectivity index (χ3n) is 4.72. The van der Waals surface area contributed by atoms with Crippen LogP contribution in [0.1, 0.15) is 41.6 Å². The number of hydrogen-bond donors (Lipinski definition) is 0. The quantitative estimate of drug-likeness (QED) is 0.725. The lowest BCUT2D eigenvalue weighted by Crippen LogP contribution is -2.41. The molecule has 0 N–H and O–H groups in total. The molecular weight excluding hydrogens is 348 g/mol. The topological polar surface area (TPSA) is 81.9 Å². The van der Waals surface area contributed by atoms with Gasteiger partial charge in [0.15, 0.2) is 5.69 Å². The molecule has 7 heteroatoms. The van der Waals surface area contributed by atoms with Crippen molar-refractivity contribution in [1.29, 1.82) is 0 Å². The first kappa shape index (κ1) is 18.9. The van der Waals surface area contributed by atoms with Crippen molar-refractivity contribution < 1.29 is 23.6 Å². The van der Waals surface area contributed by atoms with Crippen LogP contribution in [-0.2, 0) is 16.1 Å². The van der Waals surface area contributed by atoms with E-state index in [9.17, 15) is 9.59 Å². The van der Waals surface area contributed by atoms with Gasteiger partial charge >= 0.3 is 5.97 Å². The van der Waals surface area contributed by atoms with Gasteiger partial charge in [0.05, 0.1) is 18.1 Å². The fraction of sp³-hybridized carbons (Fsp3) is 0.450. The van der Waals surface area contributed by atoms with Gasteiger partial charge in [0.2, 0.25) is 0 Å². The highest BCUT2D eigenvalue weighted by molar-refractivity contribution is 5.94. The van der Waals surface area contributed by atoms with Crippen molar-refractivity contribution in [3.63, 3.8) is 0 Å². The highest BCUT2D eigenvalue weighted by Crippen LogP contribution is 2.23. The molecule has 2 heterocycles. The number of esters is 1. The van der Waals surface area contributed by atoms with Crippen molar-refractivity contribution in [2.45, 2.75) is 33.3 Å². The van der Waals surface area contributed by atoms with E-state index in [0.717, 1.165) is 0 Å². The Morgan fingerprint density at radius 1 is 1.22 bits per heavy atom. The molecule has 7 nitrogen and oxygen atoms in total. The Bertz CT molecular complexity index is 779. The summed E-state index contributed by atoms with van der Waals surface area (Å²) in [5.41, 5.74) is 0.925. The lowest BCUT2D eigenvalue weighted by molar-refractivity contribution is -0.149. The number of nitrogens with zero attached hydrogens (tertiary/aromatic N) is 2. The summed E-state index contributed by atoms with van der Waals surface area (Å²) < 4.78 is 16.1. The van der Waals surface area contributed by atoms with Gasteiger partial charge in [0.25, 0.3) is 5.91 Å². The van der Waals surface area contributed by atoms with Crippen LogP contribution >= 0.6 is 0 Å². The van der Waals surface area contributed by atoms with Gasteiger partial charge in [-0.15, -0.1) is 0 Å². The molecule has 3 rings (SSSR count). The number of piperidine rings is 1. The molecule has 144 valence electrons. The van der Waals surface area contributed by atoms with E-state index in [1.807, 2.05) is 30.3 Å². The molecule has 1 fully saturated rings. The largest absolute Gasteiger partial charge is 0.489 e. The molecule has 1 aromatic carbocycles. The molecule has 1 amide bonds. The minimum Gasteiger partial charge on any atom is -0.489 e. The molecule has 0 atom stereocenters. The van der Waals surface area contributed by atoms with E-state index in [1.54, 1.807) is 18.7 Å². The molecule has 1 aliphatic heterocycles. The zero-order valence-corrected chi connectivity index (χ0v) is 15.6. The standard InChI is InChI=1S/C20H24N2O5/c1-3-25-20(24)15-9-11-22(12-10-15)19(23)18-17(14(2)27-21-18)13-26-16-7-5-4-6-8-16/h4-8,15H,3,9-13H2,1-2H3. The Morgan fingerprint density at radius 2 is 1.93 bits per heavy atom. The zero-order chi connectivity index (χ0) is 19.2. The van der Waals surface area contributed by atoms with Crippen molar-refractivity contribution in [3.05, 3.63) is 47.3 Å². The molecule has 27 heavy (non-hydrogen) atoms. The van der Waals surface area contributed by atoms with Crippen LogP contribution in [0.2, 0.25) is 0 Å². The van der Waals surface area contributed by atoms with E-state index in [2.05, 4.69) is 5.16 Å². The van der Waals surface area contributed by atoms with Gasteiger partial charge in [-0.25, -0.2) is 0 Å². The fourth-order valence-electron chi connectivity index (χ4n) is 3.13. The van der Waals surface area contributed by atoms with E-state index in [4.69, 9.17) is 14.0 Å². The minimum absolute atomic E-state index is 0.145. The van der Waals surface area contributed by atoms with E-state index >= 15 is 0 Å². The van der Waals surface area contributed by atoms with Gasteiger partial charge in [-0.3, -0.25) is 9.59 Å². The van der Waals surface area contributed by atoms with Gasteiger partial charge in [0, 0.05) is 13.1 Å². The number of benzene rings is 1. The molecule has 0 unspecified atom stereocenters. The normalized spacial score (nSPS) is 14.8. The summed E-state index contributed by atoms with van der Waals surface area (Å²) in [6, 6.07) is 9.38. The average Bonchev–Trinajstić information content (AvgIpc) is 3.07. The van der Waals surface area contributed by atoms with Crippen molar-refractivity contribution in [1.82, 2.24) is 10.1 Å². The molecule has 1 saturated heterocycles. The van der Waals surface area contributed by atoms with Crippen LogP contribution in [0.4, 0.5) is 0 Å². The number of hydrogen-bond acceptors (Lipinski definition) is 6. The maximum atomic E-state index is 12.9. The predicted molar refractivity (Wildman–Crippen MR) is 97.3 cm³/mol. The van der Waals surface area contributed by atoms with Crippen LogP contribution in [0.3, 0.4) is 0 Å². The smallest absolute Gasteiger partial charge is 0.309 e. The minimum atomic E-state index is -0.194. The van der Waals surface area contributed by atoms with Crippen molar-refractivity contribution >= 4 is 11.9 Å². The molecule has 1 aromatic heterocycles. The summed E-state index contributed by atoms with van der Waals surface area (Å²) in [4.78, 5) is 26.4. The van der Waals surface area contributed by atoms with Crippen LogP contribution in [0.5, 0.6) is 5.75 Å². The number of carbonyl (C=O) groups is 2. The second-order valence-electron chi connectivity index (χ2n) is 6.49. The number of carbonyl (C=O) groups excluding carboxylic acids is 2. The zero-order valence-electron chi connectivity index (χ0n) is 15.6. The first-order valence-electron chi connectivity index (χ1n) is 9.19. The maximum Gasteiger partial charge on any atom is 0.309 e. The Balaban J connectivity index is 1.63. The first-order chi connectivity index (χ1) is 13.1. The third-order valence-corrected chi connectivity index (χ3v) is 4.72. The number of ether oxygens (including phenoxy) is 2. The fourth-order valence-corrected chi connectivity index (χ4v) is 3.13. The number of para-hydroxylation sites is 1. The van der Waals surface area contributed by atoms with Crippen LogP contribution in [-0.4, -0.2) is 41.6 Å². The molecule has 1 aliphatic rings. The summed E-state index contributed by atoms with van der Waals surface area (Å²) in [7, 11) is 0. The Hall–Kier alpha value is -2.83. The first-order valence-corrected chi connectivity index (χ1v) is 9.19. The molecule has 2 aromatic rings. The Labute approximate surface area is 158 Å². The number of amides is 1. The van der Waals surface area contributed by atoms with Crippen LogP contribution in [0.15, 0.2) is 34.9 Å². The SMILES string of the molecule is CCOC(=O)C1CCN(C(=O)c2noc(C)c2COc2ccccc2)CC1. The molecule has 0 saturated carbocycles. The number of likely N-dealkylation sites (tertiary alicyclic amines) is 1. The van der Waals surface area contributed by atoms with Crippen molar-refractivity contribution in [2.75, 3.05) is 19.7 Å². The highest BCUT2D eigenvalue weighted by atomic mass is 16.5. The second-order valence-corrected chi connectivity index (χ2v) is 6.49. The second kappa shape index (κ2) is 8.70. The van der Waals surface area contributed by atoms with Gasteiger partial charge in [-0.05, 0) is 38.8 Å². The van der Waals surface area contributed by atoms with E-state index in [0.29, 0.717) is 49.6 Å². The number of aromatic nitrogens is 1. The van der Waals surface area contributed by atoms with E-state index in [-0.39, 0.29) is 30.1 Å². The van der Waals surface area contributed by atoms with Gasteiger partial charge < -0.3 is 18.9 Å². The average molecular weight is 372 g/mol. The third kappa shape index (κ3) is 4.48. The summed E-state index contributed by atoms with van der Waals surface area (Å²) in [5.74, 6) is 0.760. The monoisotopic (exact) mass is 372 g/mol. The summed E-state index contributed by atoms with van der Waals surface area (Å²) in [6.45, 7) is 5.13. The van der Waals surface area contributed by atoms with Crippen molar-refractivity contribution in [2.24, 2.45) is 5.92 Å². The van der Waals surface area contributed by atoms with Crippen LogP contribution in [0, 0.1) is 12.8 Å². The summed E-state index contributed by atoms with van der Waals surface area (Å²) >= 11 is 0. The maximum absolute atomic E-state index is 12.9. The lowest BCUT2D eigenvalue weighted by Gasteiger charge is -2.30. The number of aryl methyl sites for hydroxylation is 1. The van der Waals surface area contributed by atoms with Crippen molar-refractivity contribution in [3.8, 4) is 5.75 Å². The van der Waals surface area contributed by atoms with E-state index in [1.165, 1.54) is 0 Å². The van der Waals surface area contributed by atoms with Crippen LogP contribution < -0.4 is 4.74 Å². The van der Waals surface area contributed by atoms with E-state index < -0.39 is 0 Å². The molecule has 0 spiro atoms. The molecular formula is C20H24N2O5. The number of rotatable bonds is 6. The Kier molecular flexibility index (Phi) is 6.11. The Morgan fingerprint density at radius 3 is 2.59 bits per heavy atom. The lowest BCUT2D eigenvalue weighted by atomic mass is 9.96. The summed E-state index contributed by atoms with van der Waals surface area (Å²) in [6.07, 6.45) is 1.19. The van der Waals surface area contributed by atoms with Gasteiger partial charge in [-0.2, -0.15) is 0 Å². The molecule has 0 bridgehead atoms. The molecule has 0 radical (unpaired) electrons. The van der Waals surface area contributed by atoms with Crippen LogP contribution in [0.25, 0.3) is 0 Å². The predicted octanol–water partition coefficient (Wildman–Crippen LogP) is 2.98. The highest BCUT2D eigenvalue weighted by Gasteiger charge is 2.31. The van der Waals surface area contributed by atoms with Gasteiger partial charge in [-0.1, -0.05) is 23.4 Å². The van der Waals surface area contributed by atoms with Gasteiger partial charge in [0.1, 0.15) is 18.1 Å². The molecule has 0 aliphatic carbocycles.